The molecule has 0 unspecified atom stereocenters. The zero-order valence-corrected chi connectivity index (χ0v) is 17.2. The second-order valence-corrected chi connectivity index (χ2v) is 9.83. The van der Waals surface area contributed by atoms with Crippen molar-refractivity contribution in [1.29, 1.82) is 0 Å². The second kappa shape index (κ2) is 8.82. The van der Waals surface area contributed by atoms with Gasteiger partial charge in [0, 0.05) is 18.7 Å². The van der Waals surface area contributed by atoms with Crippen LogP contribution in [0.1, 0.15) is 23.1 Å². The minimum absolute atomic E-state index is 0.0715. The molecule has 0 heterocycles. The van der Waals surface area contributed by atoms with Crippen LogP contribution >= 0.6 is 0 Å². The van der Waals surface area contributed by atoms with Crippen LogP contribution < -0.4 is 15.2 Å². The van der Waals surface area contributed by atoms with E-state index in [2.05, 4.69) is 10.0 Å². The number of hydrogen-bond acceptors (Lipinski definition) is 5. The molecule has 1 amide bonds. The molecule has 0 fully saturated rings. The molecular weight excluding hydrogens is 402 g/mol. The van der Waals surface area contributed by atoms with Gasteiger partial charge in [-0.15, -0.1) is 0 Å². The van der Waals surface area contributed by atoms with Gasteiger partial charge < -0.3 is 5.32 Å². The molecule has 0 aliphatic rings. The Balaban J connectivity index is 1.92. The van der Waals surface area contributed by atoms with Crippen molar-refractivity contribution >= 4 is 31.6 Å². The number of primary sulfonamides is 1. The Labute approximate surface area is 165 Å². The predicted octanol–water partition coefficient (Wildman–Crippen LogP) is 1.40. The number of anilines is 1. The molecule has 152 valence electrons. The number of nitrogens with one attached hydrogen (secondary N) is 2. The lowest BCUT2D eigenvalue weighted by atomic mass is 10.1. The highest BCUT2D eigenvalue weighted by molar-refractivity contribution is 7.89. The highest BCUT2D eigenvalue weighted by atomic mass is 32.2. The Bertz CT molecular complexity index is 1080. The molecule has 28 heavy (non-hydrogen) atoms. The zero-order chi connectivity index (χ0) is 20.9. The fourth-order valence-corrected chi connectivity index (χ4v) is 4.22. The van der Waals surface area contributed by atoms with Gasteiger partial charge in [0.05, 0.1) is 10.6 Å². The minimum Gasteiger partial charge on any atom is -0.326 e. The second-order valence-electron chi connectivity index (χ2n) is 6.45. The number of hydrogen-bond donors (Lipinski definition) is 3. The van der Waals surface area contributed by atoms with Crippen molar-refractivity contribution in [2.24, 2.45) is 5.14 Å². The fraction of sp³-hybridized carbons (Fsp3) is 0.278. The van der Waals surface area contributed by atoms with Gasteiger partial charge in [0.2, 0.25) is 26.0 Å². The van der Waals surface area contributed by atoms with Crippen molar-refractivity contribution in [2.75, 3.05) is 11.9 Å². The van der Waals surface area contributed by atoms with Crippen molar-refractivity contribution in [3.63, 3.8) is 0 Å². The molecule has 2 rings (SSSR count). The minimum atomic E-state index is -3.71. The van der Waals surface area contributed by atoms with Crippen LogP contribution in [0.15, 0.2) is 47.4 Å². The van der Waals surface area contributed by atoms with Crippen molar-refractivity contribution < 1.29 is 21.6 Å². The van der Waals surface area contributed by atoms with Crippen LogP contribution in [0, 0.1) is 13.8 Å². The van der Waals surface area contributed by atoms with Gasteiger partial charge in [-0.2, -0.15) is 0 Å². The van der Waals surface area contributed by atoms with Gasteiger partial charge in [0.1, 0.15) is 0 Å². The number of sulfonamides is 2. The molecule has 0 aliphatic carbocycles. The summed E-state index contributed by atoms with van der Waals surface area (Å²) in [4.78, 5) is 12.2. The Morgan fingerprint density at radius 3 is 2.36 bits per heavy atom. The molecule has 2 aromatic carbocycles. The van der Waals surface area contributed by atoms with E-state index in [1.807, 2.05) is 13.8 Å². The summed E-state index contributed by atoms with van der Waals surface area (Å²) in [5.74, 6) is -0.748. The van der Waals surface area contributed by atoms with Crippen molar-refractivity contribution in [3.8, 4) is 0 Å². The summed E-state index contributed by atoms with van der Waals surface area (Å²) in [6.07, 6.45) is -0.0799. The highest BCUT2D eigenvalue weighted by Crippen LogP contribution is 2.15. The van der Waals surface area contributed by atoms with E-state index in [0.717, 1.165) is 11.1 Å². The van der Waals surface area contributed by atoms with E-state index in [9.17, 15) is 21.6 Å². The van der Waals surface area contributed by atoms with Crippen molar-refractivity contribution in [1.82, 2.24) is 4.72 Å². The lowest BCUT2D eigenvalue weighted by Crippen LogP contribution is -2.28. The maximum absolute atomic E-state index is 12.3. The monoisotopic (exact) mass is 425 g/mol. The maximum Gasteiger partial charge on any atom is 0.240 e. The third kappa shape index (κ3) is 6.71. The summed E-state index contributed by atoms with van der Waals surface area (Å²) in [6.45, 7) is 3.64. The summed E-state index contributed by atoms with van der Waals surface area (Å²) in [5.41, 5.74) is 2.70. The van der Waals surface area contributed by atoms with Crippen LogP contribution in [0.2, 0.25) is 0 Å². The maximum atomic E-state index is 12.3. The zero-order valence-electron chi connectivity index (χ0n) is 15.6. The third-order valence-electron chi connectivity index (χ3n) is 4.01. The van der Waals surface area contributed by atoms with Crippen molar-refractivity contribution in [2.45, 2.75) is 30.9 Å². The smallest absolute Gasteiger partial charge is 0.240 e. The molecule has 0 saturated heterocycles. The Hall–Kier alpha value is -2.27. The van der Waals surface area contributed by atoms with Gasteiger partial charge >= 0.3 is 0 Å². The van der Waals surface area contributed by atoms with E-state index in [1.165, 1.54) is 12.1 Å². The van der Waals surface area contributed by atoms with Crippen LogP contribution in [-0.4, -0.2) is 29.3 Å². The molecule has 0 atom stereocenters. The number of nitrogens with two attached hydrogens (primary N) is 1. The number of amides is 1. The third-order valence-corrected chi connectivity index (χ3v) is 6.21. The van der Waals surface area contributed by atoms with E-state index < -0.39 is 26.0 Å². The van der Waals surface area contributed by atoms with Crippen LogP contribution in [0.4, 0.5) is 5.69 Å². The largest absolute Gasteiger partial charge is 0.326 e. The van der Waals surface area contributed by atoms with Gasteiger partial charge in [0.15, 0.2) is 0 Å². The number of carbonyl (C=O) groups is 1. The number of benzene rings is 2. The first-order valence-electron chi connectivity index (χ1n) is 8.42. The van der Waals surface area contributed by atoms with E-state index in [-0.39, 0.29) is 23.6 Å². The lowest BCUT2D eigenvalue weighted by molar-refractivity contribution is -0.116. The van der Waals surface area contributed by atoms with E-state index in [0.29, 0.717) is 11.3 Å². The molecule has 0 saturated carbocycles. The summed E-state index contributed by atoms with van der Waals surface area (Å²) in [7, 11) is -7.38. The Morgan fingerprint density at radius 2 is 1.71 bits per heavy atom. The average Bonchev–Trinajstić information content (AvgIpc) is 2.55. The normalized spacial score (nSPS) is 12.0. The van der Waals surface area contributed by atoms with Gasteiger partial charge in [-0.1, -0.05) is 18.2 Å². The van der Waals surface area contributed by atoms with Crippen molar-refractivity contribution in [3.05, 3.63) is 59.2 Å². The first kappa shape index (κ1) is 22.0. The molecule has 0 bridgehead atoms. The fourth-order valence-electron chi connectivity index (χ4n) is 2.46. The summed E-state index contributed by atoms with van der Waals surface area (Å²) in [5, 5.41) is 7.61. The van der Waals surface area contributed by atoms with E-state index in [1.54, 1.807) is 30.3 Å². The van der Waals surface area contributed by atoms with Gasteiger partial charge in [-0.25, -0.2) is 26.7 Å². The first-order chi connectivity index (χ1) is 13.0. The summed E-state index contributed by atoms with van der Waals surface area (Å²) in [6, 6.07) is 11.1. The number of rotatable bonds is 8. The molecule has 0 spiro atoms. The number of carbonyl (C=O) groups excluding carboxylic acids is 1. The van der Waals surface area contributed by atoms with Crippen LogP contribution in [0.5, 0.6) is 0 Å². The summed E-state index contributed by atoms with van der Waals surface area (Å²) >= 11 is 0. The standard InChI is InChI=1S/C18H23N3O5S2/c1-13-6-7-17(10-14(13)2)28(25,26)20-9-8-18(22)21-16-5-3-4-15(11-16)12-27(19,23)24/h3-7,10-11,20H,8-9,12H2,1-2H3,(H,21,22)(H2,19,23,24). The topological polar surface area (TPSA) is 135 Å². The van der Waals surface area contributed by atoms with Crippen LogP contribution in [0.25, 0.3) is 0 Å². The summed E-state index contributed by atoms with van der Waals surface area (Å²) < 4.78 is 49.3. The molecule has 4 N–H and O–H groups in total. The Morgan fingerprint density at radius 1 is 1.00 bits per heavy atom. The molecule has 0 aromatic heterocycles. The molecule has 10 heteroatoms. The van der Waals surface area contributed by atoms with E-state index in [4.69, 9.17) is 5.14 Å². The molecule has 2 aromatic rings. The molecule has 0 radical (unpaired) electrons. The lowest BCUT2D eigenvalue weighted by Gasteiger charge is -2.10. The molecule has 8 nitrogen and oxygen atoms in total. The molecular formula is C18H23N3O5S2. The highest BCUT2D eigenvalue weighted by Gasteiger charge is 2.15. The average molecular weight is 426 g/mol. The molecule has 0 aliphatic heterocycles. The van der Waals surface area contributed by atoms with Gasteiger partial charge in [0.25, 0.3) is 0 Å². The number of aryl methyl sites for hydroxylation is 2. The Kier molecular flexibility index (Phi) is 6.94. The SMILES string of the molecule is Cc1ccc(S(=O)(=O)NCCC(=O)Nc2cccc(CS(N)(=O)=O)c2)cc1C. The first-order valence-corrected chi connectivity index (χ1v) is 11.6. The quantitative estimate of drug-likeness (QED) is 0.587. The van der Waals surface area contributed by atoms with E-state index >= 15 is 0 Å². The van der Waals surface area contributed by atoms with Crippen LogP contribution in [0.3, 0.4) is 0 Å². The van der Waals surface area contributed by atoms with Gasteiger partial charge in [-0.3, -0.25) is 4.79 Å². The predicted molar refractivity (Wildman–Crippen MR) is 108 cm³/mol. The van der Waals surface area contributed by atoms with Crippen LogP contribution in [-0.2, 0) is 30.6 Å². The van der Waals surface area contributed by atoms with Gasteiger partial charge in [-0.05, 0) is 54.8 Å².